The van der Waals surface area contributed by atoms with Crippen molar-refractivity contribution in [1.29, 1.82) is 0 Å². The van der Waals surface area contributed by atoms with Gasteiger partial charge in [-0.1, -0.05) is 65.8 Å². The van der Waals surface area contributed by atoms with Crippen LogP contribution in [0.2, 0.25) is 0 Å². The second-order valence-electron chi connectivity index (χ2n) is 11.4. The third-order valence-electron chi connectivity index (χ3n) is 6.62. The van der Waals surface area contributed by atoms with Crippen molar-refractivity contribution in [3.63, 3.8) is 0 Å². The molecule has 0 amide bonds. The first-order valence-electron chi connectivity index (χ1n) is 12.0. The summed E-state index contributed by atoms with van der Waals surface area (Å²) >= 11 is 0. The molecule has 0 bridgehead atoms. The van der Waals surface area contributed by atoms with E-state index in [4.69, 9.17) is 9.40 Å². The third kappa shape index (κ3) is 3.62. The second-order valence-corrected chi connectivity index (χ2v) is 11.4. The van der Waals surface area contributed by atoms with E-state index in [0.29, 0.717) is 0 Å². The molecule has 0 aliphatic rings. The minimum Gasteiger partial charge on any atom is -0.440 e. The molecule has 4 nitrogen and oxygen atoms in total. The summed E-state index contributed by atoms with van der Waals surface area (Å²) < 4.78 is 10.8. The topological polar surface area (TPSA) is 34.8 Å². The fourth-order valence-corrected chi connectivity index (χ4v) is 4.63. The van der Waals surface area contributed by atoms with Crippen molar-refractivity contribution in [3.05, 3.63) is 77.7 Å². The van der Waals surface area contributed by atoms with Gasteiger partial charge in [-0.15, -0.1) is 0 Å². The lowest BCUT2D eigenvalue weighted by molar-refractivity contribution is -0.633. The standard InChI is InChI=1S/C30H34N3O/c1-19-17-26-23(31-28(34-26)30(5,6)7)18-22(19)27-32(8)24-11-9-10-12-25(24)33(27)21-15-13-20(14-16-21)29(2,3)4/h9-18H,1-8H3/q+1. The number of nitrogens with zero attached hydrogens (tertiary/aromatic N) is 3. The molecule has 0 aliphatic heterocycles. The lowest BCUT2D eigenvalue weighted by atomic mass is 9.87. The lowest BCUT2D eigenvalue weighted by Gasteiger charge is -2.18. The number of fused-ring (bicyclic) bond motifs is 2. The Kier molecular flexibility index (Phi) is 4.98. The first-order chi connectivity index (χ1) is 15.9. The Balaban J connectivity index is 1.79. The highest BCUT2D eigenvalue weighted by Gasteiger charge is 2.29. The SMILES string of the molecule is Cc1cc2oc(C(C)(C)C)nc2cc1-c1n(-c2ccc(C(C)(C)C)cc2)c2ccccc2[n+]1C. The molecule has 0 unspecified atom stereocenters. The molecule has 2 heterocycles. The van der Waals surface area contributed by atoms with Gasteiger partial charge >= 0.3 is 0 Å². The Labute approximate surface area is 201 Å². The number of benzene rings is 3. The molecular weight excluding hydrogens is 418 g/mol. The smallest absolute Gasteiger partial charge is 0.295 e. The molecule has 2 aromatic heterocycles. The number of imidazole rings is 1. The predicted molar refractivity (Wildman–Crippen MR) is 140 cm³/mol. The van der Waals surface area contributed by atoms with Crippen LogP contribution in [0.1, 0.15) is 58.6 Å². The molecule has 174 valence electrons. The maximum absolute atomic E-state index is 6.13. The summed E-state index contributed by atoms with van der Waals surface area (Å²) in [6.07, 6.45) is 0. The molecule has 5 aromatic rings. The maximum atomic E-state index is 6.13. The lowest BCUT2D eigenvalue weighted by Crippen LogP contribution is -2.30. The number of para-hydroxylation sites is 2. The molecule has 0 radical (unpaired) electrons. The van der Waals surface area contributed by atoms with Crippen molar-refractivity contribution >= 4 is 22.1 Å². The Morgan fingerprint density at radius 3 is 2.18 bits per heavy atom. The first kappa shape index (κ1) is 22.4. The van der Waals surface area contributed by atoms with Gasteiger partial charge in [-0.25, -0.2) is 9.55 Å². The van der Waals surface area contributed by atoms with E-state index in [1.165, 1.54) is 16.6 Å². The van der Waals surface area contributed by atoms with Gasteiger partial charge in [0.2, 0.25) is 5.89 Å². The maximum Gasteiger partial charge on any atom is 0.295 e. The van der Waals surface area contributed by atoms with E-state index in [1.807, 2.05) is 0 Å². The van der Waals surface area contributed by atoms with Gasteiger partial charge in [0.15, 0.2) is 16.6 Å². The van der Waals surface area contributed by atoms with Crippen LogP contribution in [0.3, 0.4) is 0 Å². The van der Waals surface area contributed by atoms with Crippen molar-refractivity contribution < 1.29 is 8.98 Å². The molecule has 4 heteroatoms. The third-order valence-corrected chi connectivity index (χ3v) is 6.62. The number of hydrogen-bond acceptors (Lipinski definition) is 2. The van der Waals surface area contributed by atoms with Gasteiger partial charge in [0.05, 0.1) is 12.6 Å². The van der Waals surface area contributed by atoms with Crippen LogP contribution >= 0.6 is 0 Å². The highest BCUT2D eigenvalue weighted by atomic mass is 16.3. The summed E-state index contributed by atoms with van der Waals surface area (Å²) in [6, 6.07) is 21.8. The van der Waals surface area contributed by atoms with Gasteiger partial charge < -0.3 is 4.42 Å². The van der Waals surface area contributed by atoms with Gasteiger partial charge in [0.1, 0.15) is 11.2 Å². The molecule has 0 atom stereocenters. The molecule has 0 aliphatic carbocycles. The second kappa shape index (κ2) is 7.56. The predicted octanol–water partition coefficient (Wildman–Crippen LogP) is 7.17. The Morgan fingerprint density at radius 1 is 0.853 bits per heavy atom. The molecule has 0 fully saturated rings. The number of aromatic nitrogens is 3. The minimum atomic E-state index is -0.137. The van der Waals surface area contributed by atoms with Crippen LogP contribution < -0.4 is 4.57 Å². The zero-order chi connectivity index (χ0) is 24.4. The van der Waals surface area contributed by atoms with Crippen LogP contribution in [0.25, 0.3) is 39.2 Å². The molecule has 0 spiro atoms. The summed E-state index contributed by atoms with van der Waals surface area (Å²) in [5, 5.41) is 0. The average molecular weight is 453 g/mol. The zero-order valence-corrected chi connectivity index (χ0v) is 21.5. The zero-order valence-electron chi connectivity index (χ0n) is 21.5. The van der Waals surface area contributed by atoms with Crippen molar-refractivity contribution in [1.82, 2.24) is 9.55 Å². The molecule has 0 saturated heterocycles. The van der Waals surface area contributed by atoms with Gasteiger partial charge in [0.25, 0.3) is 5.82 Å². The fourth-order valence-electron chi connectivity index (χ4n) is 4.63. The first-order valence-corrected chi connectivity index (χ1v) is 12.0. The molecule has 5 rings (SSSR count). The molecule has 3 aromatic carbocycles. The van der Waals surface area contributed by atoms with Crippen LogP contribution in [0.15, 0.2) is 65.1 Å². The fraction of sp³-hybridized carbons (Fsp3) is 0.333. The van der Waals surface area contributed by atoms with Crippen LogP contribution in [0.5, 0.6) is 0 Å². The van der Waals surface area contributed by atoms with Crippen LogP contribution in [-0.4, -0.2) is 9.55 Å². The van der Waals surface area contributed by atoms with Crippen molar-refractivity contribution in [2.75, 3.05) is 0 Å². The summed E-state index contributed by atoms with van der Waals surface area (Å²) in [5.41, 5.74) is 8.87. The van der Waals surface area contributed by atoms with Gasteiger partial charge in [-0.05, 0) is 59.9 Å². The van der Waals surface area contributed by atoms with Crippen molar-refractivity contribution in [3.8, 4) is 17.1 Å². The summed E-state index contributed by atoms with van der Waals surface area (Å²) in [7, 11) is 2.14. The van der Waals surface area contributed by atoms with E-state index in [2.05, 4.69) is 125 Å². The molecule has 0 saturated carbocycles. The monoisotopic (exact) mass is 452 g/mol. The molecular formula is C30H34N3O+. The molecule has 0 N–H and O–H groups in total. The quantitative estimate of drug-likeness (QED) is 0.266. The van der Waals surface area contributed by atoms with E-state index >= 15 is 0 Å². The van der Waals surface area contributed by atoms with E-state index in [-0.39, 0.29) is 10.8 Å². The van der Waals surface area contributed by atoms with Gasteiger partial charge in [-0.3, -0.25) is 0 Å². The highest BCUT2D eigenvalue weighted by Crippen LogP contribution is 2.34. The van der Waals surface area contributed by atoms with E-state index in [0.717, 1.165) is 39.6 Å². The van der Waals surface area contributed by atoms with Crippen molar-refractivity contribution in [2.45, 2.75) is 59.3 Å². The number of oxazole rings is 1. The number of hydrogen-bond donors (Lipinski definition) is 0. The van der Waals surface area contributed by atoms with Crippen LogP contribution in [0.4, 0.5) is 0 Å². The Morgan fingerprint density at radius 2 is 1.53 bits per heavy atom. The summed E-state index contributed by atoms with van der Waals surface area (Å²) in [4.78, 5) is 4.85. The van der Waals surface area contributed by atoms with Crippen molar-refractivity contribution in [2.24, 2.45) is 7.05 Å². The highest BCUT2D eigenvalue weighted by molar-refractivity contribution is 5.84. The molecule has 34 heavy (non-hydrogen) atoms. The van der Waals surface area contributed by atoms with Gasteiger partial charge in [-0.2, -0.15) is 4.57 Å². The van der Waals surface area contributed by atoms with Gasteiger partial charge in [0, 0.05) is 5.41 Å². The van der Waals surface area contributed by atoms with Crippen LogP contribution in [-0.2, 0) is 17.9 Å². The summed E-state index contributed by atoms with van der Waals surface area (Å²) in [6.45, 7) is 15.3. The number of aryl methyl sites for hydroxylation is 2. The van der Waals surface area contributed by atoms with E-state index < -0.39 is 0 Å². The van der Waals surface area contributed by atoms with E-state index in [1.54, 1.807) is 0 Å². The average Bonchev–Trinajstić information content (AvgIpc) is 3.31. The van der Waals surface area contributed by atoms with E-state index in [9.17, 15) is 0 Å². The largest absolute Gasteiger partial charge is 0.440 e. The Bertz CT molecular complexity index is 1520. The Hall–Kier alpha value is -3.40. The van der Waals surface area contributed by atoms with Crippen LogP contribution in [0, 0.1) is 6.92 Å². The number of rotatable bonds is 2. The normalized spacial score (nSPS) is 12.7. The minimum absolute atomic E-state index is 0.115. The summed E-state index contributed by atoms with van der Waals surface area (Å²) in [5.74, 6) is 1.89.